The second-order valence-corrected chi connectivity index (χ2v) is 5.33. The van der Waals surface area contributed by atoms with Crippen molar-refractivity contribution in [1.82, 2.24) is 15.5 Å². The molecule has 1 rings (SSSR count). The number of urea groups is 1. The molecular weight excluding hydrogens is 246 g/mol. The second-order valence-electron chi connectivity index (χ2n) is 5.33. The maximum Gasteiger partial charge on any atom is 0.315 e. The number of carbonyl (C=O) groups excluding carboxylic acids is 1. The molecule has 1 aliphatic carbocycles. The quantitative estimate of drug-likeness (QED) is 0.646. The topological polar surface area (TPSA) is 81.7 Å². The van der Waals surface area contributed by atoms with Crippen LogP contribution < -0.4 is 10.6 Å². The summed E-state index contributed by atoms with van der Waals surface area (Å²) in [7, 11) is 1.99. The van der Waals surface area contributed by atoms with Gasteiger partial charge in [0.2, 0.25) is 0 Å². The lowest BCUT2D eigenvalue weighted by Gasteiger charge is -2.28. The normalized spacial score (nSPS) is 17.4. The molecule has 1 fully saturated rings. The molecule has 19 heavy (non-hydrogen) atoms. The van der Waals surface area contributed by atoms with Gasteiger partial charge >= 0.3 is 12.0 Å². The fourth-order valence-electron chi connectivity index (χ4n) is 2.49. The van der Waals surface area contributed by atoms with E-state index in [2.05, 4.69) is 22.5 Å². The molecule has 110 valence electrons. The second kappa shape index (κ2) is 7.33. The van der Waals surface area contributed by atoms with Crippen molar-refractivity contribution in [3.63, 3.8) is 0 Å². The van der Waals surface area contributed by atoms with Crippen LogP contribution in [-0.2, 0) is 4.79 Å². The molecule has 6 nitrogen and oxygen atoms in total. The van der Waals surface area contributed by atoms with Crippen LogP contribution in [0.3, 0.4) is 0 Å². The average Bonchev–Trinajstić information content (AvgIpc) is 2.75. The highest BCUT2D eigenvalue weighted by Crippen LogP contribution is 2.32. The third kappa shape index (κ3) is 5.46. The highest BCUT2D eigenvalue weighted by atomic mass is 16.4. The highest BCUT2D eigenvalue weighted by molar-refractivity contribution is 5.76. The van der Waals surface area contributed by atoms with Gasteiger partial charge in [-0.3, -0.25) is 4.79 Å². The summed E-state index contributed by atoms with van der Waals surface area (Å²) < 4.78 is 0. The van der Waals surface area contributed by atoms with Crippen LogP contribution in [0, 0.1) is 0 Å². The van der Waals surface area contributed by atoms with Gasteiger partial charge < -0.3 is 20.6 Å². The molecule has 0 aromatic carbocycles. The molecule has 0 aliphatic heterocycles. The van der Waals surface area contributed by atoms with E-state index in [1.165, 1.54) is 0 Å². The molecule has 0 spiro atoms. The van der Waals surface area contributed by atoms with Crippen LogP contribution >= 0.6 is 0 Å². The monoisotopic (exact) mass is 271 g/mol. The number of hydrogen-bond donors (Lipinski definition) is 3. The van der Waals surface area contributed by atoms with Crippen molar-refractivity contribution in [1.29, 1.82) is 0 Å². The van der Waals surface area contributed by atoms with Gasteiger partial charge in [0.25, 0.3) is 0 Å². The minimum absolute atomic E-state index is 0.00921. The summed E-state index contributed by atoms with van der Waals surface area (Å²) in [6.07, 6.45) is 3.47. The SMILES string of the molecule is CCN(C)CCNC(=O)NC1(CC(=O)O)CCCC1. The van der Waals surface area contributed by atoms with Crippen LogP contribution in [0.4, 0.5) is 4.79 Å². The number of rotatable bonds is 7. The largest absolute Gasteiger partial charge is 0.481 e. The van der Waals surface area contributed by atoms with Crippen LogP contribution in [0.2, 0.25) is 0 Å². The maximum atomic E-state index is 11.8. The predicted molar refractivity (Wildman–Crippen MR) is 73.2 cm³/mol. The molecule has 0 radical (unpaired) electrons. The highest BCUT2D eigenvalue weighted by Gasteiger charge is 2.37. The first kappa shape index (κ1) is 15.8. The Morgan fingerprint density at radius 3 is 2.47 bits per heavy atom. The van der Waals surface area contributed by atoms with Crippen molar-refractivity contribution >= 4 is 12.0 Å². The van der Waals surface area contributed by atoms with E-state index in [-0.39, 0.29) is 12.5 Å². The first-order chi connectivity index (χ1) is 8.97. The Balaban J connectivity index is 2.37. The van der Waals surface area contributed by atoms with Gasteiger partial charge in [0, 0.05) is 13.1 Å². The molecule has 0 aromatic heterocycles. The molecule has 0 saturated heterocycles. The molecular formula is C13H25N3O3. The number of carboxylic acids is 1. The van der Waals surface area contributed by atoms with Crippen molar-refractivity contribution in [2.75, 3.05) is 26.7 Å². The van der Waals surface area contributed by atoms with Crippen molar-refractivity contribution < 1.29 is 14.7 Å². The minimum atomic E-state index is -0.854. The predicted octanol–water partition coefficient (Wildman–Crippen LogP) is 1.02. The molecule has 0 bridgehead atoms. The van der Waals surface area contributed by atoms with Crippen LogP contribution in [0.15, 0.2) is 0 Å². The molecule has 0 unspecified atom stereocenters. The smallest absolute Gasteiger partial charge is 0.315 e. The Morgan fingerprint density at radius 1 is 1.32 bits per heavy atom. The van der Waals surface area contributed by atoms with Gasteiger partial charge in [-0.15, -0.1) is 0 Å². The van der Waals surface area contributed by atoms with E-state index in [1.54, 1.807) is 0 Å². The van der Waals surface area contributed by atoms with E-state index < -0.39 is 11.5 Å². The van der Waals surface area contributed by atoms with E-state index >= 15 is 0 Å². The Hall–Kier alpha value is -1.30. The molecule has 0 aromatic rings. The summed E-state index contributed by atoms with van der Waals surface area (Å²) in [6.45, 7) is 4.35. The van der Waals surface area contributed by atoms with E-state index in [9.17, 15) is 9.59 Å². The molecule has 0 heterocycles. The number of nitrogens with zero attached hydrogens (tertiary/aromatic N) is 1. The number of carboxylic acid groups (broad SMARTS) is 1. The molecule has 2 amide bonds. The Labute approximate surface area is 114 Å². The zero-order valence-electron chi connectivity index (χ0n) is 11.9. The summed E-state index contributed by atoms with van der Waals surface area (Å²) in [5.74, 6) is -0.854. The lowest BCUT2D eigenvalue weighted by Crippen LogP contribution is -2.52. The Bertz CT molecular complexity index is 314. The molecule has 1 saturated carbocycles. The fourth-order valence-corrected chi connectivity index (χ4v) is 2.49. The number of nitrogens with one attached hydrogen (secondary N) is 2. The lowest BCUT2D eigenvalue weighted by atomic mass is 9.93. The number of hydrogen-bond acceptors (Lipinski definition) is 3. The van der Waals surface area contributed by atoms with Crippen molar-refractivity contribution in [3.05, 3.63) is 0 Å². The van der Waals surface area contributed by atoms with Crippen LogP contribution in [0.25, 0.3) is 0 Å². The Kier molecular flexibility index (Phi) is 6.08. The van der Waals surface area contributed by atoms with Crippen LogP contribution in [0.5, 0.6) is 0 Å². The fraction of sp³-hybridized carbons (Fsp3) is 0.846. The van der Waals surface area contributed by atoms with Gasteiger partial charge in [-0.2, -0.15) is 0 Å². The van der Waals surface area contributed by atoms with Crippen molar-refractivity contribution in [3.8, 4) is 0 Å². The zero-order valence-corrected chi connectivity index (χ0v) is 11.9. The van der Waals surface area contributed by atoms with E-state index in [1.807, 2.05) is 7.05 Å². The average molecular weight is 271 g/mol. The summed E-state index contributed by atoms with van der Waals surface area (Å²) in [5, 5.41) is 14.6. The third-order valence-corrected chi connectivity index (χ3v) is 3.75. The number of aliphatic carboxylic acids is 1. The summed E-state index contributed by atoms with van der Waals surface area (Å²) in [4.78, 5) is 24.8. The van der Waals surface area contributed by atoms with Crippen LogP contribution in [-0.4, -0.2) is 54.2 Å². The number of carbonyl (C=O) groups is 2. The summed E-state index contributed by atoms with van der Waals surface area (Å²) >= 11 is 0. The first-order valence-electron chi connectivity index (χ1n) is 6.94. The maximum absolute atomic E-state index is 11.8. The molecule has 6 heteroatoms. The minimum Gasteiger partial charge on any atom is -0.481 e. The molecule has 1 aliphatic rings. The van der Waals surface area contributed by atoms with E-state index in [0.29, 0.717) is 6.54 Å². The Morgan fingerprint density at radius 2 is 1.95 bits per heavy atom. The van der Waals surface area contributed by atoms with Gasteiger partial charge in [0.05, 0.1) is 12.0 Å². The van der Waals surface area contributed by atoms with Crippen molar-refractivity contribution in [2.24, 2.45) is 0 Å². The van der Waals surface area contributed by atoms with Gasteiger partial charge in [-0.05, 0) is 26.4 Å². The summed E-state index contributed by atoms with van der Waals surface area (Å²) in [6, 6.07) is -0.257. The summed E-state index contributed by atoms with van der Waals surface area (Å²) in [5.41, 5.74) is -0.549. The standard InChI is InChI=1S/C13H25N3O3/c1-3-16(2)9-8-14-12(19)15-13(10-11(17)18)6-4-5-7-13/h3-10H2,1-2H3,(H,17,18)(H2,14,15,19). The van der Waals surface area contributed by atoms with Crippen molar-refractivity contribution in [2.45, 2.75) is 44.6 Å². The first-order valence-corrected chi connectivity index (χ1v) is 6.94. The van der Waals surface area contributed by atoms with Crippen LogP contribution in [0.1, 0.15) is 39.0 Å². The zero-order chi connectivity index (χ0) is 14.3. The number of amides is 2. The number of likely N-dealkylation sites (N-methyl/N-ethyl adjacent to an activating group) is 1. The lowest BCUT2D eigenvalue weighted by molar-refractivity contribution is -0.138. The van der Waals surface area contributed by atoms with Gasteiger partial charge in [0.1, 0.15) is 0 Å². The third-order valence-electron chi connectivity index (χ3n) is 3.75. The van der Waals surface area contributed by atoms with Gasteiger partial charge in [-0.25, -0.2) is 4.79 Å². The van der Waals surface area contributed by atoms with E-state index in [4.69, 9.17) is 5.11 Å². The molecule has 0 atom stereocenters. The molecule has 3 N–H and O–H groups in total. The van der Waals surface area contributed by atoms with Gasteiger partial charge in [-0.1, -0.05) is 19.8 Å². The van der Waals surface area contributed by atoms with E-state index in [0.717, 1.165) is 38.8 Å². The van der Waals surface area contributed by atoms with Gasteiger partial charge in [0.15, 0.2) is 0 Å².